The van der Waals surface area contributed by atoms with E-state index in [1.54, 1.807) is 14.0 Å². The summed E-state index contributed by atoms with van der Waals surface area (Å²) in [6.45, 7) is 2.83. The van der Waals surface area contributed by atoms with Crippen LogP contribution in [0, 0.1) is 0 Å². The molecule has 1 aromatic carbocycles. The highest BCUT2D eigenvalue weighted by Crippen LogP contribution is 2.37. The molecule has 0 aliphatic rings. The fourth-order valence-electron chi connectivity index (χ4n) is 1.73. The van der Waals surface area contributed by atoms with Gasteiger partial charge in [-0.1, -0.05) is 50.1 Å². The fourth-order valence-corrected chi connectivity index (χ4v) is 3.02. The van der Waals surface area contributed by atoms with Crippen molar-refractivity contribution in [3.63, 3.8) is 0 Å². The van der Waals surface area contributed by atoms with Crippen molar-refractivity contribution in [1.29, 1.82) is 0 Å². The second kappa shape index (κ2) is 7.78. The first-order chi connectivity index (χ1) is 9.38. The van der Waals surface area contributed by atoms with Crippen LogP contribution in [0.5, 0.6) is 5.75 Å². The van der Waals surface area contributed by atoms with Crippen molar-refractivity contribution in [3.05, 3.63) is 29.8 Å². The average Bonchev–Trinajstić information content (AvgIpc) is 2.44. The van der Waals surface area contributed by atoms with Crippen molar-refractivity contribution in [2.75, 3.05) is 7.11 Å². The van der Waals surface area contributed by atoms with Gasteiger partial charge in [-0.2, -0.15) is 0 Å². The number of para-hydroxylation sites is 1. The number of ketones is 1. The van der Waals surface area contributed by atoms with Gasteiger partial charge in [0, 0.05) is 12.5 Å². The smallest absolute Gasteiger partial charge is 0.303 e. The lowest BCUT2D eigenvalue weighted by atomic mass is 10.0. The molecule has 1 aromatic rings. The number of benzene rings is 1. The van der Waals surface area contributed by atoms with Crippen LogP contribution in [-0.2, 0) is 14.3 Å². The maximum Gasteiger partial charge on any atom is 0.303 e. The molecule has 3 atom stereocenters. The zero-order valence-electron chi connectivity index (χ0n) is 11.4. The summed E-state index contributed by atoms with van der Waals surface area (Å²) in [4.78, 5) is 22.3. The Hall–Kier alpha value is -0.880. The Labute approximate surface area is 135 Å². The second-order valence-corrected chi connectivity index (χ2v) is 6.17. The van der Waals surface area contributed by atoms with Gasteiger partial charge in [-0.15, -0.1) is 0 Å². The van der Waals surface area contributed by atoms with Crippen molar-refractivity contribution in [1.82, 2.24) is 0 Å². The number of carbonyl (C=O) groups excluding carboxylic acids is 2. The Kier molecular flexibility index (Phi) is 6.68. The lowest BCUT2D eigenvalue weighted by Crippen LogP contribution is -2.32. The van der Waals surface area contributed by atoms with Crippen LogP contribution in [0.2, 0.25) is 0 Å². The molecular weight excluding hydrogens is 392 g/mol. The van der Waals surface area contributed by atoms with Crippen molar-refractivity contribution in [2.24, 2.45) is 0 Å². The summed E-state index contributed by atoms with van der Waals surface area (Å²) in [6, 6.07) is 7.42. The molecule has 6 heteroatoms. The summed E-state index contributed by atoms with van der Waals surface area (Å²) < 4.78 is 10.2. The van der Waals surface area contributed by atoms with Crippen molar-refractivity contribution in [3.8, 4) is 5.75 Å². The van der Waals surface area contributed by atoms with Gasteiger partial charge in [0.15, 0.2) is 11.9 Å². The predicted molar refractivity (Wildman–Crippen MR) is 83.6 cm³/mol. The molecule has 0 aromatic heterocycles. The first-order valence-corrected chi connectivity index (χ1v) is 7.83. The molecule has 0 saturated carbocycles. The molecule has 20 heavy (non-hydrogen) atoms. The first-order valence-electron chi connectivity index (χ1n) is 6.00. The number of rotatable bonds is 6. The highest BCUT2D eigenvalue weighted by Gasteiger charge is 2.31. The van der Waals surface area contributed by atoms with E-state index in [4.69, 9.17) is 9.47 Å². The third-order valence-electron chi connectivity index (χ3n) is 2.71. The maximum absolute atomic E-state index is 12.2. The van der Waals surface area contributed by atoms with E-state index in [2.05, 4.69) is 31.9 Å². The summed E-state index contributed by atoms with van der Waals surface area (Å²) in [5.74, 6) is -0.00582. The van der Waals surface area contributed by atoms with Gasteiger partial charge in [0.2, 0.25) is 0 Å². The quantitative estimate of drug-likeness (QED) is 0.535. The Morgan fingerprint density at radius 3 is 2.35 bits per heavy atom. The van der Waals surface area contributed by atoms with E-state index in [0.29, 0.717) is 5.75 Å². The lowest BCUT2D eigenvalue weighted by molar-refractivity contribution is -0.151. The molecule has 0 aliphatic carbocycles. The number of hydrogen-bond acceptors (Lipinski definition) is 4. The Balaban J connectivity index is 2.88. The molecule has 0 aliphatic heterocycles. The van der Waals surface area contributed by atoms with Gasteiger partial charge in [0.05, 0.1) is 16.8 Å². The molecule has 3 unspecified atom stereocenters. The zero-order valence-corrected chi connectivity index (χ0v) is 14.6. The third-order valence-corrected chi connectivity index (χ3v) is 5.42. The topological polar surface area (TPSA) is 52.6 Å². The molecule has 0 spiro atoms. The molecule has 0 fully saturated rings. The van der Waals surface area contributed by atoms with Crippen LogP contribution >= 0.6 is 31.9 Å². The van der Waals surface area contributed by atoms with Gasteiger partial charge in [-0.25, -0.2) is 0 Å². The minimum Gasteiger partial charge on any atom is -0.496 e. The molecule has 0 N–H and O–H groups in total. The van der Waals surface area contributed by atoms with Crippen molar-refractivity contribution < 1.29 is 19.1 Å². The van der Waals surface area contributed by atoms with E-state index in [1.807, 2.05) is 24.3 Å². The average molecular weight is 408 g/mol. The minimum absolute atomic E-state index is 0.215. The van der Waals surface area contributed by atoms with E-state index in [9.17, 15) is 9.59 Å². The molecule has 0 saturated heterocycles. The summed E-state index contributed by atoms with van der Waals surface area (Å²) in [5, 5.41) is 0. The molecule has 4 nitrogen and oxygen atoms in total. The predicted octanol–water partition coefficient (Wildman–Crippen LogP) is 3.42. The van der Waals surface area contributed by atoms with E-state index in [1.165, 1.54) is 6.92 Å². The number of hydrogen-bond donors (Lipinski definition) is 0. The molecule has 110 valence electrons. The lowest BCUT2D eigenvalue weighted by Gasteiger charge is -2.21. The zero-order chi connectivity index (χ0) is 15.3. The van der Waals surface area contributed by atoms with E-state index < -0.39 is 16.9 Å². The van der Waals surface area contributed by atoms with E-state index in [0.717, 1.165) is 5.56 Å². The van der Waals surface area contributed by atoms with Gasteiger partial charge in [0.1, 0.15) is 5.75 Å². The Morgan fingerprint density at radius 1 is 1.20 bits per heavy atom. The molecule has 0 heterocycles. The van der Waals surface area contributed by atoms with Gasteiger partial charge < -0.3 is 9.47 Å². The standard InChI is InChI=1S/C14H16Br2O4/c1-8(20-9(2)17)14(18)13(16)12(15)10-6-4-5-7-11(10)19-3/h4-8,12-13H,1-3H3. The third kappa shape index (κ3) is 4.31. The molecule has 0 bridgehead atoms. The number of esters is 1. The maximum atomic E-state index is 12.2. The number of ether oxygens (including phenoxy) is 2. The number of methoxy groups -OCH3 is 1. The molecule has 0 radical (unpaired) electrons. The fraction of sp³-hybridized carbons (Fsp3) is 0.429. The highest BCUT2D eigenvalue weighted by atomic mass is 79.9. The van der Waals surface area contributed by atoms with Gasteiger partial charge in [-0.3, -0.25) is 9.59 Å². The Morgan fingerprint density at radius 2 is 1.80 bits per heavy atom. The van der Waals surface area contributed by atoms with Crippen LogP contribution in [-0.4, -0.2) is 29.8 Å². The van der Waals surface area contributed by atoms with Gasteiger partial charge in [-0.05, 0) is 13.0 Å². The molecular formula is C14H16Br2O4. The summed E-state index contributed by atoms with van der Waals surface area (Å²) in [6.07, 6.45) is -0.799. The summed E-state index contributed by atoms with van der Waals surface area (Å²) in [7, 11) is 1.57. The van der Waals surface area contributed by atoms with Crippen LogP contribution in [0.25, 0.3) is 0 Å². The van der Waals surface area contributed by atoms with Crippen molar-refractivity contribution >= 4 is 43.6 Å². The summed E-state index contributed by atoms with van der Waals surface area (Å²) in [5.41, 5.74) is 0.847. The first kappa shape index (κ1) is 17.2. The SMILES string of the molecule is COc1ccccc1C(Br)C(Br)C(=O)C(C)OC(C)=O. The van der Waals surface area contributed by atoms with Gasteiger partial charge in [0.25, 0.3) is 0 Å². The minimum atomic E-state index is -0.799. The number of halogens is 2. The monoisotopic (exact) mass is 406 g/mol. The number of Topliss-reactive ketones (excluding diaryl/α,β-unsaturated/α-hetero) is 1. The largest absolute Gasteiger partial charge is 0.496 e. The van der Waals surface area contributed by atoms with Crippen LogP contribution in [0.15, 0.2) is 24.3 Å². The molecule has 1 rings (SSSR count). The van der Waals surface area contributed by atoms with Gasteiger partial charge >= 0.3 is 5.97 Å². The Bertz CT molecular complexity index is 490. The van der Waals surface area contributed by atoms with Crippen LogP contribution in [0.3, 0.4) is 0 Å². The normalized spacial score (nSPS) is 15.1. The van der Waals surface area contributed by atoms with Crippen LogP contribution < -0.4 is 4.74 Å². The number of alkyl halides is 2. The highest BCUT2D eigenvalue weighted by molar-refractivity contribution is 9.12. The van der Waals surface area contributed by atoms with Crippen molar-refractivity contribution in [2.45, 2.75) is 29.6 Å². The van der Waals surface area contributed by atoms with E-state index in [-0.39, 0.29) is 10.6 Å². The van der Waals surface area contributed by atoms with Crippen LogP contribution in [0.1, 0.15) is 24.2 Å². The second-order valence-electron chi connectivity index (χ2n) is 4.20. The molecule has 0 amide bonds. The summed E-state index contributed by atoms with van der Waals surface area (Å²) >= 11 is 6.85. The van der Waals surface area contributed by atoms with Crippen LogP contribution in [0.4, 0.5) is 0 Å². The number of carbonyl (C=O) groups is 2. The van der Waals surface area contributed by atoms with E-state index >= 15 is 0 Å².